The molecular formula is C17H21N4NaO8S. The van der Waals surface area contributed by atoms with E-state index in [2.05, 4.69) is 20.1 Å². The Balaban J connectivity index is 0.00000480. The van der Waals surface area contributed by atoms with Crippen LogP contribution in [0.5, 0.6) is 5.75 Å². The summed E-state index contributed by atoms with van der Waals surface area (Å²) in [7, 11) is -1.95. The van der Waals surface area contributed by atoms with Gasteiger partial charge in [0.05, 0.1) is 18.9 Å². The molecule has 1 saturated heterocycles. The number of hydrogen-bond donors (Lipinski definition) is 1. The van der Waals surface area contributed by atoms with E-state index in [1.165, 1.54) is 14.0 Å². The molecule has 0 unspecified atom stereocenters. The molecule has 12 nitrogen and oxygen atoms in total. The summed E-state index contributed by atoms with van der Waals surface area (Å²) < 4.78 is 36.5. The smallest absolute Gasteiger partial charge is 0.857 e. The summed E-state index contributed by atoms with van der Waals surface area (Å²) in [5.41, 5.74) is 0.996. The predicted molar refractivity (Wildman–Crippen MR) is 105 cm³/mol. The van der Waals surface area contributed by atoms with Crippen LogP contribution < -0.4 is 39.4 Å². The fraction of sp³-hybridized carbons (Fsp3) is 0.412. The van der Waals surface area contributed by atoms with Gasteiger partial charge in [-0.2, -0.15) is 8.42 Å². The molecule has 1 aliphatic rings. The molecule has 1 heterocycles. The van der Waals surface area contributed by atoms with Crippen molar-refractivity contribution in [3.05, 3.63) is 29.8 Å². The van der Waals surface area contributed by atoms with Crippen molar-refractivity contribution in [1.82, 2.24) is 4.31 Å². The first-order chi connectivity index (χ1) is 14.1. The molecule has 1 amide bonds. The first-order valence-electron chi connectivity index (χ1n) is 8.57. The summed E-state index contributed by atoms with van der Waals surface area (Å²) in [4.78, 5) is 25.2. The van der Waals surface area contributed by atoms with Gasteiger partial charge in [-0.1, -0.05) is 10.3 Å². The second-order valence-electron chi connectivity index (χ2n) is 6.13. The third-order valence-corrected chi connectivity index (χ3v) is 5.17. The molecule has 1 aromatic carbocycles. The van der Waals surface area contributed by atoms with Crippen LogP contribution in [0.15, 0.2) is 39.6 Å². The van der Waals surface area contributed by atoms with Crippen LogP contribution in [0.2, 0.25) is 0 Å². The molecule has 164 valence electrons. The van der Waals surface area contributed by atoms with E-state index >= 15 is 0 Å². The number of aliphatic imine (C=N–C) groups is 1. The molecule has 1 aromatic rings. The quantitative estimate of drug-likeness (QED) is 0.0987. The van der Waals surface area contributed by atoms with Crippen molar-refractivity contribution in [2.24, 2.45) is 15.3 Å². The van der Waals surface area contributed by atoms with Gasteiger partial charge in [-0.05, 0) is 43.7 Å². The molecule has 0 spiro atoms. The van der Waals surface area contributed by atoms with Crippen LogP contribution >= 0.6 is 0 Å². The number of amides is 1. The summed E-state index contributed by atoms with van der Waals surface area (Å²) in [6.07, 6.45) is 0. The minimum absolute atomic E-state index is 0. The van der Waals surface area contributed by atoms with Gasteiger partial charge >= 0.3 is 39.9 Å². The van der Waals surface area contributed by atoms with E-state index in [0.29, 0.717) is 11.5 Å². The number of ether oxygens (including phenoxy) is 1. The van der Waals surface area contributed by atoms with Gasteiger partial charge in [0.1, 0.15) is 18.6 Å². The Bertz CT molecular complexity index is 978. The molecule has 14 heteroatoms. The van der Waals surface area contributed by atoms with Crippen molar-refractivity contribution in [3.63, 3.8) is 0 Å². The molecule has 1 aliphatic heterocycles. The predicted octanol–water partition coefficient (Wildman–Crippen LogP) is -3.40. The minimum Gasteiger partial charge on any atom is -0.857 e. The molecule has 0 saturated carbocycles. The maximum Gasteiger partial charge on any atom is 1.00 e. The molecule has 0 aromatic heterocycles. The van der Waals surface area contributed by atoms with Crippen molar-refractivity contribution in [2.75, 3.05) is 20.8 Å². The number of hydrogen-bond acceptors (Lipinski definition) is 10. The molecule has 0 radical (unpaired) electrons. The maximum atomic E-state index is 12.3. The summed E-state index contributed by atoms with van der Waals surface area (Å²) in [5.74, 6) is -1.28. The number of β-lactam (4-membered cyclic amide) rings is 1. The molecule has 31 heavy (non-hydrogen) atoms. The Morgan fingerprint density at radius 3 is 2.32 bits per heavy atom. The second-order valence-corrected chi connectivity index (χ2v) is 7.42. The average molecular weight is 464 g/mol. The van der Waals surface area contributed by atoms with Gasteiger partial charge in [-0.3, -0.25) is 14.3 Å². The number of methoxy groups -OCH3 is 1. The number of carbonyl (C=O) groups is 1. The monoisotopic (exact) mass is 464 g/mol. The number of oxime groups is 2. The second kappa shape index (κ2) is 11.4. The van der Waals surface area contributed by atoms with E-state index in [-0.39, 0.29) is 39.6 Å². The Morgan fingerprint density at radius 2 is 1.84 bits per heavy atom. The molecular weight excluding hydrogens is 443 g/mol. The Morgan fingerprint density at radius 1 is 1.23 bits per heavy atom. The van der Waals surface area contributed by atoms with E-state index in [9.17, 15) is 18.3 Å². The van der Waals surface area contributed by atoms with E-state index in [1.807, 2.05) is 0 Å². The number of nitrogens with zero attached hydrogens (tertiary/aromatic N) is 4. The Hall–Kier alpha value is -2.19. The van der Waals surface area contributed by atoms with Crippen LogP contribution in [0.25, 0.3) is 0 Å². The minimum atomic E-state index is -4.71. The zero-order chi connectivity index (χ0) is 22.5. The molecule has 0 bridgehead atoms. The van der Waals surface area contributed by atoms with Crippen molar-refractivity contribution >= 4 is 33.5 Å². The summed E-state index contributed by atoms with van der Waals surface area (Å²) in [5, 5.41) is 19.7. The van der Waals surface area contributed by atoms with Crippen molar-refractivity contribution in [3.8, 4) is 5.75 Å². The Labute approximate surface area is 201 Å². The number of benzene rings is 1. The molecule has 2 rings (SSSR count). The van der Waals surface area contributed by atoms with Gasteiger partial charge in [-0.15, -0.1) is 0 Å². The fourth-order valence-corrected chi connectivity index (χ4v) is 3.45. The van der Waals surface area contributed by atoms with Crippen molar-refractivity contribution in [2.45, 2.75) is 25.9 Å². The van der Waals surface area contributed by atoms with Crippen LogP contribution in [0.4, 0.5) is 0 Å². The Kier molecular flexibility index (Phi) is 9.90. The SMILES string of the molecule is CO/N=C(/CO/N=C(\C)c1ccc(OC)cc1)C([O-])=N[C@@H]1C(=O)N(S(=O)(=O)O)[C@H]1C.[Na+]. The normalized spacial score (nSPS) is 20.0. The van der Waals surface area contributed by atoms with Crippen LogP contribution in [-0.2, 0) is 24.8 Å². The first kappa shape index (κ1) is 26.8. The largest absolute Gasteiger partial charge is 1.00 e. The van der Waals surface area contributed by atoms with Crippen LogP contribution in [0.1, 0.15) is 19.4 Å². The number of carbonyl (C=O) groups excluding carboxylic acids is 1. The summed E-state index contributed by atoms with van der Waals surface area (Å²) in [6.45, 7) is 2.61. The fourth-order valence-electron chi connectivity index (χ4n) is 2.58. The molecule has 2 atom stereocenters. The van der Waals surface area contributed by atoms with Gasteiger partial charge < -0.3 is 19.5 Å². The van der Waals surface area contributed by atoms with Gasteiger partial charge in [0, 0.05) is 5.90 Å². The summed E-state index contributed by atoms with van der Waals surface area (Å²) in [6, 6.07) is 4.76. The number of rotatable bonds is 9. The van der Waals surface area contributed by atoms with Crippen LogP contribution in [0, 0.1) is 0 Å². The third-order valence-electron chi connectivity index (χ3n) is 4.16. The maximum absolute atomic E-state index is 12.3. The van der Waals surface area contributed by atoms with Crippen molar-refractivity contribution < 1.29 is 66.8 Å². The van der Waals surface area contributed by atoms with Crippen LogP contribution in [0.3, 0.4) is 0 Å². The van der Waals surface area contributed by atoms with Crippen LogP contribution in [-0.4, -0.2) is 73.4 Å². The van der Waals surface area contributed by atoms with Gasteiger partial charge in [0.2, 0.25) is 0 Å². The van der Waals surface area contributed by atoms with E-state index in [4.69, 9.17) is 14.1 Å². The van der Waals surface area contributed by atoms with E-state index in [0.717, 1.165) is 5.56 Å². The van der Waals surface area contributed by atoms with Gasteiger partial charge in [0.25, 0.3) is 5.91 Å². The zero-order valence-corrected chi connectivity index (χ0v) is 20.5. The topological polar surface area (TPSA) is 163 Å². The van der Waals surface area contributed by atoms with Crippen molar-refractivity contribution in [1.29, 1.82) is 0 Å². The average Bonchev–Trinajstić information content (AvgIpc) is 2.70. The zero-order valence-electron chi connectivity index (χ0n) is 17.7. The molecule has 0 aliphatic carbocycles. The molecule has 1 N–H and O–H groups in total. The standard InChI is InChI=1S/C17H22N4O8S.Na/c1-10(12-5-7-13(27-3)8-6-12)19-29-9-14(20-28-4)16(22)18-15-11(2)21(17(15)23)30(24,25)26;/h5-8,11,15H,9H2,1-4H3,(H,18,22)(H,24,25,26);/q;+1/p-1/b19-10+,20-14-;/t11-,15-;/m0./s1. The van der Waals surface area contributed by atoms with Gasteiger partial charge in [-0.25, -0.2) is 4.31 Å². The van der Waals surface area contributed by atoms with E-state index < -0.39 is 40.8 Å². The van der Waals surface area contributed by atoms with Gasteiger partial charge in [0.15, 0.2) is 12.6 Å². The third kappa shape index (κ3) is 6.64. The van der Waals surface area contributed by atoms with E-state index in [1.54, 1.807) is 38.3 Å². The summed E-state index contributed by atoms with van der Waals surface area (Å²) >= 11 is 0. The first-order valence-corrected chi connectivity index (χ1v) is 9.96. The molecule has 1 fully saturated rings.